The number of nitrogens with zero attached hydrogens (tertiary/aromatic N) is 10. The molecule has 1 fully saturated rings. The Morgan fingerprint density at radius 1 is 0.667 bits per heavy atom. The van der Waals surface area contributed by atoms with Crippen molar-refractivity contribution in [3.8, 4) is 5.75 Å². The smallest absolute Gasteiger partial charge is 0.870 e. The Bertz CT molecular complexity index is 5780. The van der Waals surface area contributed by atoms with Crippen molar-refractivity contribution in [3.05, 3.63) is 158 Å². The Morgan fingerprint density at radius 2 is 1.24 bits per heavy atom. The first-order valence-corrected chi connectivity index (χ1v) is 47.4. The van der Waals surface area contributed by atoms with Crippen LogP contribution in [0.3, 0.4) is 0 Å². The number of nitrogen functional groups attached to an aromatic ring is 1. The number of Topliss-reactive ketones (excluding diaryl/α,β-unsaturated/α-hetero) is 1. The number of aliphatic carboxylic acids is 1. The Morgan fingerprint density at radius 3 is 1.83 bits per heavy atom. The normalized spacial score (nSPS) is 12.6. The van der Waals surface area contributed by atoms with E-state index in [1.54, 1.807) is 63.4 Å². The number of aromatic amines is 2. The second-order valence-corrected chi connectivity index (χ2v) is 34.3. The van der Waals surface area contributed by atoms with Gasteiger partial charge < -0.3 is 91.6 Å². The number of hydroxylamine groups is 2. The van der Waals surface area contributed by atoms with E-state index in [2.05, 4.69) is 86.8 Å². The molecule has 0 saturated carbocycles. The number of hydrogen-bond donors (Lipinski definition) is 12. The number of carbonyl (C=O) groups excluding carboxylic acids is 11. The molecule has 3 atom stereocenters. The van der Waals surface area contributed by atoms with Gasteiger partial charge in [-0.1, -0.05) is 30.7 Å². The van der Waals surface area contributed by atoms with Crippen LogP contribution in [0.1, 0.15) is 142 Å². The monoisotopic (exact) mass is 2100 g/mol. The van der Waals surface area contributed by atoms with Gasteiger partial charge in [0, 0.05) is 99.0 Å². The first-order valence-electron chi connectivity index (χ1n) is 43.6. The Hall–Kier alpha value is -11.7. The number of H-pyrrole nitrogens is 2. The maximum Gasteiger partial charge on any atom is 1.00 e. The minimum absolute atomic E-state index is 0. The Labute approximate surface area is 871 Å². The van der Waals surface area contributed by atoms with Crippen LogP contribution >= 0.6 is 34.0 Å². The molecule has 1 saturated heterocycles. The quantitative estimate of drug-likeness (QED) is 0.00294. The van der Waals surface area contributed by atoms with Gasteiger partial charge in [-0.05, 0) is 160 Å². The largest absolute Gasteiger partial charge is 1.00 e. The van der Waals surface area contributed by atoms with Crippen molar-refractivity contribution in [1.29, 1.82) is 0 Å². The minimum Gasteiger partial charge on any atom is -0.870 e. The van der Waals surface area contributed by atoms with Gasteiger partial charge in [0.05, 0.1) is 115 Å². The summed E-state index contributed by atoms with van der Waals surface area (Å²) in [5.41, 5.74) is 19.2. The summed E-state index contributed by atoms with van der Waals surface area (Å²) in [5.74, 6) is -9.80. The number of imide groups is 1. The number of carboxylic acids is 1. The van der Waals surface area contributed by atoms with Crippen molar-refractivity contribution in [2.75, 3.05) is 126 Å². The molecule has 9 rings (SSSR count). The summed E-state index contributed by atoms with van der Waals surface area (Å²) in [6.45, 7) is 10.4. The van der Waals surface area contributed by atoms with E-state index in [1.807, 2.05) is 18.2 Å². The molecule has 16 N–H and O–H groups in total. The number of hydrogen-bond acceptors (Lipinski definition) is 40. The van der Waals surface area contributed by atoms with Gasteiger partial charge in [0.1, 0.15) is 44.0 Å². The zero-order chi connectivity index (χ0) is 102. The second kappa shape index (κ2) is 67.1. The molecule has 774 valence electrons. The van der Waals surface area contributed by atoms with Crippen LogP contribution in [0.15, 0.2) is 129 Å². The number of ether oxygens (including phenoxy) is 7. The number of carbonyl (C=O) groups is 12. The Kier molecular flexibility index (Phi) is 58.9. The van der Waals surface area contributed by atoms with Crippen LogP contribution in [0.4, 0.5) is 36.4 Å². The maximum absolute atomic E-state index is 13.7. The number of amides is 8. The van der Waals surface area contributed by atoms with Gasteiger partial charge in [-0.15, -0.1) is 17.5 Å². The average Bonchev–Trinajstić information content (AvgIpc) is 1.70. The van der Waals surface area contributed by atoms with E-state index >= 15 is 0 Å². The second-order valence-electron chi connectivity index (χ2n) is 30.3. The van der Waals surface area contributed by atoms with Crippen molar-refractivity contribution in [1.82, 2.24) is 71.3 Å². The van der Waals surface area contributed by atoms with Gasteiger partial charge in [-0.2, -0.15) is 28.2 Å². The number of nitrogens with one attached hydrogen (secondary N) is 8. The molecule has 1 aliphatic rings. The number of unbranched alkanes of at least 4 members (excludes halogenated alkanes) is 1. The third-order valence-corrected chi connectivity index (χ3v) is 22.6. The number of pyridine rings is 1. The summed E-state index contributed by atoms with van der Waals surface area (Å²) in [6.07, 6.45) is 0.971. The van der Waals surface area contributed by atoms with Crippen LogP contribution in [0.25, 0.3) is 22.3 Å². The zero-order valence-corrected chi connectivity index (χ0v) is 84.8. The number of fused-ring (bicyclic) bond motifs is 2. The number of ketones is 1. The molecule has 0 spiro atoms. The first kappa shape index (κ1) is 126. The summed E-state index contributed by atoms with van der Waals surface area (Å²) in [5, 5.41) is 25.6. The average molecular weight is 2100 g/mol. The SMILES string of the molecule is C/C(=N\NC(=O)CCSSc1ccccn1)c1ccc(OCCCC(=O)ON2C(=O)CC(S(=O)(=O)[O-])C2=O)cc1.COC(=O)[C@@H](CCC(=O)NCCCOCCOCCOCCCN)NC(=O)c1ccc(N(Cc2cnc3nc(NC(=O)C(C)C)[nH]c(=O)c3n2)C(=O)C(F)(F)F)cc1.Cl.NCCOCCOCCCCC(=O)CC[C@@H](NC(=O)c1ccc(NCc2cnc3nc(N)[nH]c(=O)c3n2)cc1)C(=O)O.[Li+].[Na+].[OH-]. The van der Waals surface area contributed by atoms with Crippen LogP contribution in [0.5, 0.6) is 5.75 Å². The van der Waals surface area contributed by atoms with E-state index in [4.69, 9.17) is 50.4 Å². The molecule has 6 heterocycles. The van der Waals surface area contributed by atoms with Crippen molar-refractivity contribution in [2.45, 2.75) is 146 Å². The molecule has 0 bridgehead atoms. The van der Waals surface area contributed by atoms with Gasteiger partial charge in [0.15, 0.2) is 22.3 Å². The molecule has 1 unspecified atom stereocenters. The van der Waals surface area contributed by atoms with E-state index in [0.29, 0.717) is 151 Å². The molecule has 0 aliphatic carbocycles. The molecule has 3 aromatic carbocycles. The van der Waals surface area contributed by atoms with Crippen molar-refractivity contribution in [2.24, 2.45) is 22.5 Å². The summed E-state index contributed by atoms with van der Waals surface area (Å²) < 4.78 is 111. The summed E-state index contributed by atoms with van der Waals surface area (Å²) >= 11 is 0. The number of benzene rings is 3. The Balaban J connectivity index is 0.000000560. The zero-order valence-electron chi connectivity index (χ0n) is 79.5. The minimum atomic E-state index is -5.33. The number of alkyl halides is 3. The molecule has 8 aromatic rings. The molecular weight excluding hydrogens is 1990 g/mol. The first-order chi connectivity index (χ1) is 66.9. The van der Waals surface area contributed by atoms with Crippen LogP contribution in [-0.2, 0) is 104 Å². The van der Waals surface area contributed by atoms with Crippen molar-refractivity contribution < 1.29 is 181 Å². The number of esters is 1. The predicted molar refractivity (Wildman–Crippen MR) is 509 cm³/mol. The van der Waals surface area contributed by atoms with Crippen LogP contribution in [0.2, 0.25) is 0 Å². The number of anilines is 4. The van der Waals surface area contributed by atoms with E-state index in [1.165, 1.54) is 39.9 Å². The molecule has 0 radical (unpaired) electrons. The molecule has 1 aliphatic heterocycles. The van der Waals surface area contributed by atoms with Crippen LogP contribution < -0.4 is 118 Å². The molecule has 8 amide bonds. The molecule has 5 aromatic heterocycles. The summed E-state index contributed by atoms with van der Waals surface area (Å²) in [7, 11) is -0.905. The maximum atomic E-state index is 13.7. The number of hydrazone groups is 1. The van der Waals surface area contributed by atoms with Gasteiger partial charge in [-0.3, -0.25) is 72.9 Å². The van der Waals surface area contributed by atoms with Gasteiger partial charge in [0.2, 0.25) is 29.6 Å². The number of aromatic nitrogens is 9. The number of halogens is 4. The molecule has 144 heavy (non-hydrogen) atoms. The number of carboxylic acid groups (broad SMARTS) is 1. The van der Waals surface area contributed by atoms with E-state index in [9.17, 15) is 98.4 Å². The third-order valence-electron chi connectivity index (χ3n) is 19.2. The van der Waals surface area contributed by atoms with E-state index in [0.717, 1.165) is 54.6 Å². The third kappa shape index (κ3) is 45.7. The fourth-order valence-corrected chi connectivity index (χ4v) is 14.4. The van der Waals surface area contributed by atoms with Crippen LogP contribution in [-0.4, -0.2) is 279 Å². The molecule has 48 nitrogen and oxygen atoms in total. The number of nitrogens with two attached hydrogens (primary N) is 3. The number of rotatable bonds is 57. The van der Waals surface area contributed by atoms with Crippen molar-refractivity contribution in [3.63, 3.8) is 0 Å². The fraction of sp³-hybridized carbons (Fsp3) is 0.448. The number of methoxy groups -OCH3 is 1. The predicted octanol–water partition coefficient (Wildman–Crippen LogP) is -1.74. The summed E-state index contributed by atoms with van der Waals surface area (Å²) in [6, 6.07) is 20.8. The van der Waals surface area contributed by atoms with E-state index in [-0.39, 0.29) is 191 Å². The topological polar surface area (TPSA) is 711 Å². The molecular formula is C87H111ClF3LiN21NaO27S3. The fourth-order valence-electron chi connectivity index (χ4n) is 11.9. The van der Waals surface area contributed by atoms with Gasteiger partial charge >= 0.3 is 78.4 Å². The molecule has 57 heteroatoms. The van der Waals surface area contributed by atoms with Gasteiger partial charge in [-0.25, -0.2) is 53.1 Å². The van der Waals surface area contributed by atoms with Crippen molar-refractivity contribution >= 4 is 166 Å². The van der Waals surface area contributed by atoms with Crippen LogP contribution in [0, 0.1) is 5.92 Å². The summed E-state index contributed by atoms with van der Waals surface area (Å²) in [4.78, 5) is 209. The standard InChI is InChI=1S/C36H48F3N9O10.C27H36N8O7.C24H26N4O9S3.ClH.Li.Na.H2O/c1-22(2)30(50)46-35-45-29-28(32(52)47-35)43-24(20-42-29)21-48(34(54)36(37,38)39)25-8-6-23(7-9-25)31(51)44-26(33(53)55-3)10-11-27(49)41-13-5-15-57-17-19-58-18-16-56-14-4-12-40;28-10-12-42-14-13-41-11-2-1-3-20(36)8-9-21(26(39)40)33-24(37)17-4-6-18(7-5-17)30-15-19-16-31-23-22(32-19)25(38)35-27(29)34-23;1-16(26-27-20(29)11-14-38-39-21-5-2-3-12-25-21)17-7-9-18(10-8-17)36-13-4-6-23(31)37-28-22(30)15-19(24(28)32)40(33,34)35;;;;/h6-9,20,22,26H,4-5,10-19,21,40H2,1-3H3,(H,41,49)(H,44,51)(H2,42,45,46,47,50,52);4-7,16,21,30H,1-3,8-15,28H2,(H,33,37)(H,39,40)(H3,29,31,34,35,38);2-3,5,7-10,12,19H,4,6,11,13-15H2,1H3,(H,27,29)(H,33,34,35);1H;;;1H2/q;;;;2*+1;/p-2/b;;26-16+;;;;/t26-;21-;;;;;/m11...../s1. The van der Waals surface area contributed by atoms with E-state index < -0.39 is 123 Å². The van der Waals surface area contributed by atoms with Gasteiger partial charge in [0.25, 0.3) is 34.7 Å².